The Morgan fingerprint density at radius 3 is 2.56 bits per heavy atom. The zero-order valence-electron chi connectivity index (χ0n) is 9.66. The Morgan fingerprint density at radius 1 is 1.44 bits per heavy atom. The number of carbonyl (C=O) groups is 1. The first-order chi connectivity index (χ1) is 7.67. The van der Waals surface area contributed by atoms with E-state index in [0.29, 0.717) is 0 Å². The van der Waals surface area contributed by atoms with Crippen LogP contribution in [0.4, 0.5) is 5.69 Å². The zero-order valence-corrected chi connectivity index (χ0v) is 9.66. The van der Waals surface area contributed by atoms with Gasteiger partial charge in [-0.3, -0.25) is 4.79 Å². The molecule has 0 aliphatic carbocycles. The molecule has 1 N–H and O–H groups in total. The van der Waals surface area contributed by atoms with Gasteiger partial charge in [0, 0.05) is 18.0 Å². The van der Waals surface area contributed by atoms with E-state index in [9.17, 15) is 4.79 Å². The minimum atomic E-state index is -0.268. The van der Waals surface area contributed by atoms with Crippen LogP contribution in [-0.4, -0.2) is 5.91 Å². The van der Waals surface area contributed by atoms with Crippen LogP contribution in [0, 0.1) is 17.2 Å². The predicted molar refractivity (Wildman–Crippen MR) is 63.8 cm³/mol. The number of amides is 1. The van der Waals surface area contributed by atoms with E-state index < -0.39 is 0 Å². The van der Waals surface area contributed by atoms with Crippen molar-refractivity contribution in [2.75, 3.05) is 5.32 Å². The summed E-state index contributed by atoms with van der Waals surface area (Å²) in [5.41, 5.74) is 2.02. The van der Waals surface area contributed by atoms with Crippen molar-refractivity contribution < 1.29 is 4.79 Å². The molecule has 0 fully saturated rings. The fourth-order valence-electron chi connectivity index (χ4n) is 1.32. The van der Waals surface area contributed by atoms with E-state index in [1.165, 1.54) is 5.56 Å². The highest BCUT2D eigenvalue weighted by molar-refractivity contribution is 5.92. The highest BCUT2D eigenvalue weighted by atomic mass is 16.1. The number of hydrogen-bond donors (Lipinski definition) is 1. The SMILES string of the molecule is CCc1ccc(NC(=O)C(C)CC#N)cc1. The first kappa shape index (κ1) is 12.3. The number of nitrogens with zero attached hydrogens (tertiary/aromatic N) is 1. The Hall–Kier alpha value is -1.82. The van der Waals surface area contributed by atoms with Crippen molar-refractivity contribution in [3.05, 3.63) is 29.8 Å². The van der Waals surface area contributed by atoms with Crippen LogP contribution in [-0.2, 0) is 11.2 Å². The molecule has 1 rings (SSSR count). The van der Waals surface area contributed by atoms with E-state index in [2.05, 4.69) is 12.2 Å². The third-order valence-corrected chi connectivity index (χ3v) is 2.47. The molecule has 16 heavy (non-hydrogen) atoms. The number of benzene rings is 1. The first-order valence-corrected chi connectivity index (χ1v) is 5.44. The number of nitriles is 1. The number of hydrogen-bond acceptors (Lipinski definition) is 2. The summed E-state index contributed by atoms with van der Waals surface area (Å²) >= 11 is 0. The second kappa shape index (κ2) is 5.92. The van der Waals surface area contributed by atoms with Crippen LogP contribution in [0.2, 0.25) is 0 Å². The summed E-state index contributed by atoms with van der Waals surface area (Å²) in [6, 6.07) is 9.74. The van der Waals surface area contributed by atoms with Gasteiger partial charge in [0.1, 0.15) is 0 Å². The number of nitrogens with one attached hydrogen (secondary N) is 1. The lowest BCUT2D eigenvalue weighted by Crippen LogP contribution is -2.19. The van der Waals surface area contributed by atoms with Gasteiger partial charge in [0.25, 0.3) is 0 Å². The Kier molecular flexibility index (Phi) is 4.53. The zero-order chi connectivity index (χ0) is 12.0. The summed E-state index contributed by atoms with van der Waals surface area (Å²) in [6.45, 7) is 3.83. The maximum Gasteiger partial charge on any atom is 0.228 e. The molecule has 1 amide bonds. The van der Waals surface area contributed by atoms with Crippen LogP contribution < -0.4 is 5.32 Å². The van der Waals surface area contributed by atoms with E-state index >= 15 is 0 Å². The van der Waals surface area contributed by atoms with Gasteiger partial charge < -0.3 is 5.32 Å². The molecule has 0 bridgehead atoms. The summed E-state index contributed by atoms with van der Waals surface area (Å²) in [6.07, 6.45) is 1.23. The average molecular weight is 216 g/mol. The van der Waals surface area contributed by atoms with Gasteiger partial charge in [0.2, 0.25) is 5.91 Å². The summed E-state index contributed by atoms with van der Waals surface area (Å²) in [5, 5.41) is 11.3. The molecule has 3 nitrogen and oxygen atoms in total. The van der Waals surface area contributed by atoms with Crippen molar-refractivity contribution in [1.29, 1.82) is 5.26 Å². The second-order valence-corrected chi connectivity index (χ2v) is 3.80. The molecule has 1 aromatic carbocycles. The van der Waals surface area contributed by atoms with Crippen LogP contribution >= 0.6 is 0 Å². The lowest BCUT2D eigenvalue weighted by Gasteiger charge is -2.09. The molecule has 1 aromatic rings. The molecule has 0 heterocycles. The molecule has 84 valence electrons. The number of carbonyl (C=O) groups excluding carboxylic acids is 1. The number of anilines is 1. The lowest BCUT2D eigenvalue weighted by molar-refractivity contribution is -0.119. The van der Waals surface area contributed by atoms with E-state index in [1.54, 1.807) is 6.92 Å². The predicted octanol–water partition coefficient (Wildman–Crippen LogP) is 2.74. The van der Waals surface area contributed by atoms with Crippen LogP contribution in [0.25, 0.3) is 0 Å². The highest BCUT2D eigenvalue weighted by Gasteiger charge is 2.11. The second-order valence-electron chi connectivity index (χ2n) is 3.80. The minimum Gasteiger partial charge on any atom is -0.326 e. The summed E-state index contributed by atoms with van der Waals surface area (Å²) in [5.74, 6) is -0.373. The molecule has 0 radical (unpaired) electrons. The van der Waals surface area contributed by atoms with E-state index in [4.69, 9.17) is 5.26 Å². The quantitative estimate of drug-likeness (QED) is 0.841. The Balaban J connectivity index is 2.59. The summed E-state index contributed by atoms with van der Waals surface area (Å²) in [7, 11) is 0. The monoisotopic (exact) mass is 216 g/mol. The molecule has 1 unspecified atom stereocenters. The van der Waals surface area contributed by atoms with Crippen molar-refractivity contribution >= 4 is 11.6 Å². The molecule has 0 saturated heterocycles. The van der Waals surface area contributed by atoms with Crippen molar-refractivity contribution in [3.63, 3.8) is 0 Å². The van der Waals surface area contributed by atoms with Crippen molar-refractivity contribution in [2.45, 2.75) is 26.7 Å². The van der Waals surface area contributed by atoms with Gasteiger partial charge in [0.05, 0.1) is 6.07 Å². The summed E-state index contributed by atoms with van der Waals surface area (Å²) in [4.78, 5) is 11.6. The number of aryl methyl sites for hydroxylation is 1. The van der Waals surface area contributed by atoms with Crippen LogP contribution in [0.5, 0.6) is 0 Å². The smallest absolute Gasteiger partial charge is 0.228 e. The third kappa shape index (κ3) is 3.39. The minimum absolute atomic E-state index is 0.106. The van der Waals surface area contributed by atoms with Gasteiger partial charge >= 0.3 is 0 Å². The fourth-order valence-corrected chi connectivity index (χ4v) is 1.32. The Morgan fingerprint density at radius 2 is 2.06 bits per heavy atom. The van der Waals surface area contributed by atoms with Gasteiger partial charge in [-0.05, 0) is 24.1 Å². The number of rotatable bonds is 4. The van der Waals surface area contributed by atoms with Crippen molar-refractivity contribution in [1.82, 2.24) is 0 Å². The molecule has 0 aliphatic heterocycles. The van der Waals surface area contributed by atoms with Crippen LogP contribution in [0.1, 0.15) is 25.8 Å². The van der Waals surface area contributed by atoms with Crippen molar-refractivity contribution in [2.24, 2.45) is 5.92 Å². The highest BCUT2D eigenvalue weighted by Crippen LogP contribution is 2.12. The molecule has 0 spiro atoms. The van der Waals surface area contributed by atoms with E-state index in [0.717, 1.165) is 12.1 Å². The molecule has 0 aliphatic rings. The first-order valence-electron chi connectivity index (χ1n) is 5.44. The molecule has 3 heteroatoms. The van der Waals surface area contributed by atoms with Gasteiger partial charge in [-0.25, -0.2) is 0 Å². The molecule has 0 aromatic heterocycles. The van der Waals surface area contributed by atoms with Crippen LogP contribution in [0.15, 0.2) is 24.3 Å². The van der Waals surface area contributed by atoms with Gasteiger partial charge in [-0.15, -0.1) is 0 Å². The van der Waals surface area contributed by atoms with E-state index in [-0.39, 0.29) is 18.2 Å². The Bertz CT molecular complexity index is 389. The lowest BCUT2D eigenvalue weighted by atomic mass is 10.1. The van der Waals surface area contributed by atoms with Gasteiger partial charge in [-0.1, -0.05) is 26.0 Å². The normalized spacial score (nSPS) is 11.6. The van der Waals surface area contributed by atoms with Crippen LogP contribution in [0.3, 0.4) is 0 Å². The third-order valence-electron chi connectivity index (χ3n) is 2.47. The topological polar surface area (TPSA) is 52.9 Å². The maximum atomic E-state index is 11.6. The van der Waals surface area contributed by atoms with Gasteiger partial charge in [-0.2, -0.15) is 5.26 Å². The van der Waals surface area contributed by atoms with Gasteiger partial charge in [0.15, 0.2) is 0 Å². The van der Waals surface area contributed by atoms with Crippen molar-refractivity contribution in [3.8, 4) is 6.07 Å². The molecular formula is C13H16N2O. The Labute approximate surface area is 96.1 Å². The average Bonchev–Trinajstić information content (AvgIpc) is 2.30. The standard InChI is InChI=1S/C13H16N2O/c1-3-11-4-6-12(7-5-11)15-13(16)10(2)8-9-14/h4-7,10H,3,8H2,1-2H3,(H,15,16). The fraction of sp³-hybridized carbons (Fsp3) is 0.385. The maximum absolute atomic E-state index is 11.6. The molecule has 0 saturated carbocycles. The largest absolute Gasteiger partial charge is 0.326 e. The molecular weight excluding hydrogens is 200 g/mol. The summed E-state index contributed by atoms with van der Waals surface area (Å²) < 4.78 is 0. The molecule has 1 atom stereocenters. The van der Waals surface area contributed by atoms with E-state index in [1.807, 2.05) is 30.3 Å².